The van der Waals surface area contributed by atoms with E-state index in [4.69, 9.17) is 0 Å². The molecule has 1 nitrogen and oxygen atoms in total. The standard InChI is InChI=1S/C18H27N/c1-14(2)16-7-9-17(10-8-16)18(11-5-6-12-18)13-19-15(3)4/h5-10,14-15,19H,11-13H2,1-4H3. The topological polar surface area (TPSA) is 12.0 Å². The van der Waals surface area contributed by atoms with E-state index < -0.39 is 0 Å². The third-order valence-corrected chi connectivity index (χ3v) is 4.22. The first-order chi connectivity index (χ1) is 9.03. The Morgan fingerprint density at radius 2 is 1.58 bits per heavy atom. The van der Waals surface area contributed by atoms with Gasteiger partial charge in [0.05, 0.1) is 0 Å². The van der Waals surface area contributed by atoms with Gasteiger partial charge in [-0.15, -0.1) is 0 Å². The minimum absolute atomic E-state index is 0.278. The average Bonchev–Trinajstić information content (AvgIpc) is 2.86. The first-order valence-electron chi connectivity index (χ1n) is 7.52. The molecule has 0 unspecified atom stereocenters. The van der Waals surface area contributed by atoms with Gasteiger partial charge in [-0.25, -0.2) is 0 Å². The van der Waals surface area contributed by atoms with E-state index in [-0.39, 0.29) is 5.41 Å². The largest absolute Gasteiger partial charge is 0.314 e. The lowest BCUT2D eigenvalue weighted by molar-refractivity contribution is 0.399. The van der Waals surface area contributed by atoms with Crippen LogP contribution in [0.15, 0.2) is 36.4 Å². The molecule has 0 radical (unpaired) electrons. The predicted molar refractivity (Wildman–Crippen MR) is 83.7 cm³/mol. The molecule has 1 aliphatic carbocycles. The van der Waals surface area contributed by atoms with Crippen molar-refractivity contribution in [3.63, 3.8) is 0 Å². The first-order valence-corrected chi connectivity index (χ1v) is 7.52. The first kappa shape index (κ1) is 14.3. The molecule has 104 valence electrons. The lowest BCUT2D eigenvalue weighted by atomic mass is 9.77. The molecule has 2 rings (SSSR count). The van der Waals surface area contributed by atoms with Crippen LogP contribution < -0.4 is 5.32 Å². The van der Waals surface area contributed by atoms with Crippen LogP contribution in [-0.4, -0.2) is 12.6 Å². The maximum Gasteiger partial charge on any atom is 0.0147 e. The Morgan fingerprint density at radius 1 is 1.00 bits per heavy atom. The van der Waals surface area contributed by atoms with Crippen LogP contribution in [0, 0.1) is 0 Å². The highest BCUT2D eigenvalue weighted by Gasteiger charge is 2.32. The minimum Gasteiger partial charge on any atom is -0.314 e. The zero-order chi connectivity index (χ0) is 13.9. The Bertz CT molecular complexity index is 418. The lowest BCUT2D eigenvalue weighted by Crippen LogP contribution is -2.39. The van der Waals surface area contributed by atoms with Crippen molar-refractivity contribution in [2.75, 3.05) is 6.54 Å². The summed E-state index contributed by atoms with van der Waals surface area (Å²) in [6, 6.07) is 9.83. The zero-order valence-electron chi connectivity index (χ0n) is 12.7. The van der Waals surface area contributed by atoms with Gasteiger partial charge in [-0.1, -0.05) is 64.1 Å². The molecular formula is C18H27N. The molecule has 1 N–H and O–H groups in total. The van der Waals surface area contributed by atoms with E-state index in [1.807, 2.05) is 0 Å². The van der Waals surface area contributed by atoms with Crippen LogP contribution in [0.5, 0.6) is 0 Å². The van der Waals surface area contributed by atoms with Crippen LogP contribution in [0.4, 0.5) is 0 Å². The summed E-state index contributed by atoms with van der Waals surface area (Å²) in [7, 11) is 0. The van der Waals surface area contributed by atoms with Crippen molar-refractivity contribution in [3.05, 3.63) is 47.5 Å². The monoisotopic (exact) mass is 257 g/mol. The summed E-state index contributed by atoms with van der Waals surface area (Å²) in [4.78, 5) is 0. The van der Waals surface area contributed by atoms with Crippen molar-refractivity contribution in [1.82, 2.24) is 5.32 Å². The molecule has 0 fully saturated rings. The lowest BCUT2D eigenvalue weighted by Gasteiger charge is -2.31. The van der Waals surface area contributed by atoms with Gasteiger partial charge in [-0.05, 0) is 29.9 Å². The van der Waals surface area contributed by atoms with Crippen LogP contribution in [0.2, 0.25) is 0 Å². The molecule has 1 aromatic carbocycles. The Balaban J connectivity index is 2.19. The van der Waals surface area contributed by atoms with Gasteiger partial charge < -0.3 is 5.32 Å². The number of allylic oxidation sites excluding steroid dienone is 2. The van der Waals surface area contributed by atoms with Crippen molar-refractivity contribution in [2.24, 2.45) is 0 Å². The Hall–Kier alpha value is -1.08. The number of benzene rings is 1. The summed E-state index contributed by atoms with van der Waals surface area (Å²) in [6.07, 6.45) is 6.98. The van der Waals surface area contributed by atoms with Gasteiger partial charge in [0.2, 0.25) is 0 Å². The van der Waals surface area contributed by atoms with E-state index in [2.05, 4.69) is 69.4 Å². The van der Waals surface area contributed by atoms with Crippen molar-refractivity contribution < 1.29 is 0 Å². The molecule has 0 aromatic heterocycles. The molecule has 1 aromatic rings. The molecule has 1 aliphatic rings. The van der Waals surface area contributed by atoms with Crippen LogP contribution in [0.25, 0.3) is 0 Å². The van der Waals surface area contributed by atoms with Crippen LogP contribution in [-0.2, 0) is 5.41 Å². The highest BCUT2D eigenvalue weighted by atomic mass is 14.9. The number of hydrogen-bond acceptors (Lipinski definition) is 1. The van der Waals surface area contributed by atoms with Crippen molar-refractivity contribution in [1.29, 1.82) is 0 Å². The molecule has 0 bridgehead atoms. The number of rotatable bonds is 5. The average molecular weight is 257 g/mol. The van der Waals surface area contributed by atoms with Gasteiger partial charge in [0, 0.05) is 18.0 Å². The molecule has 0 heterocycles. The molecule has 0 spiro atoms. The van der Waals surface area contributed by atoms with E-state index in [9.17, 15) is 0 Å². The maximum absolute atomic E-state index is 3.62. The van der Waals surface area contributed by atoms with E-state index in [1.54, 1.807) is 0 Å². The zero-order valence-corrected chi connectivity index (χ0v) is 12.7. The fourth-order valence-electron chi connectivity index (χ4n) is 2.80. The minimum atomic E-state index is 0.278. The molecule has 0 saturated heterocycles. The summed E-state index contributed by atoms with van der Waals surface area (Å²) >= 11 is 0. The second-order valence-electron chi connectivity index (χ2n) is 6.47. The summed E-state index contributed by atoms with van der Waals surface area (Å²) in [5.41, 5.74) is 3.19. The van der Waals surface area contributed by atoms with Gasteiger partial charge in [0.25, 0.3) is 0 Å². The highest BCUT2D eigenvalue weighted by molar-refractivity contribution is 5.34. The summed E-state index contributed by atoms with van der Waals surface area (Å²) < 4.78 is 0. The van der Waals surface area contributed by atoms with Gasteiger partial charge in [0.1, 0.15) is 0 Å². The predicted octanol–water partition coefficient (Wildman–Crippen LogP) is 4.40. The fourth-order valence-corrected chi connectivity index (χ4v) is 2.80. The Morgan fingerprint density at radius 3 is 2.05 bits per heavy atom. The van der Waals surface area contributed by atoms with Crippen LogP contribution in [0.1, 0.15) is 57.6 Å². The highest BCUT2D eigenvalue weighted by Crippen LogP contribution is 2.37. The van der Waals surface area contributed by atoms with E-state index in [0.717, 1.165) is 19.4 Å². The molecule has 0 amide bonds. The third kappa shape index (κ3) is 3.27. The summed E-state index contributed by atoms with van der Waals surface area (Å²) in [5.74, 6) is 0.612. The van der Waals surface area contributed by atoms with E-state index in [1.165, 1.54) is 11.1 Å². The summed E-state index contributed by atoms with van der Waals surface area (Å²) in [5, 5.41) is 3.62. The molecule has 0 aliphatic heterocycles. The fraction of sp³-hybridized carbons (Fsp3) is 0.556. The number of hydrogen-bond donors (Lipinski definition) is 1. The maximum atomic E-state index is 3.62. The second-order valence-corrected chi connectivity index (χ2v) is 6.47. The van der Waals surface area contributed by atoms with E-state index >= 15 is 0 Å². The summed E-state index contributed by atoms with van der Waals surface area (Å²) in [6.45, 7) is 10.0. The van der Waals surface area contributed by atoms with Crippen molar-refractivity contribution in [2.45, 2.75) is 57.9 Å². The van der Waals surface area contributed by atoms with Crippen molar-refractivity contribution >= 4 is 0 Å². The Kier molecular flexibility index (Phi) is 4.46. The molecule has 0 saturated carbocycles. The normalized spacial score (nSPS) is 17.6. The quantitative estimate of drug-likeness (QED) is 0.771. The van der Waals surface area contributed by atoms with Crippen molar-refractivity contribution in [3.8, 4) is 0 Å². The smallest absolute Gasteiger partial charge is 0.0147 e. The number of nitrogens with one attached hydrogen (secondary N) is 1. The second kappa shape index (κ2) is 5.92. The molecule has 1 heteroatoms. The third-order valence-electron chi connectivity index (χ3n) is 4.22. The van der Waals surface area contributed by atoms with Gasteiger partial charge >= 0.3 is 0 Å². The van der Waals surface area contributed by atoms with Gasteiger partial charge in [-0.2, -0.15) is 0 Å². The van der Waals surface area contributed by atoms with E-state index in [0.29, 0.717) is 12.0 Å². The molecule has 19 heavy (non-hydrogen) atoms. The van der Waals surface area contributed by atoms with Gasteiger partial charge in [-0.3, -0.25) is 0 Å². The van der Waals surface area contributed by atoms with Gasteiger partial charge in [0.15, 0.2) is 0 Å². The van der Waals surface area contributed by atoms with Crippen LogP contribution in [0.3, 0.4) is 0 Å². The Labute approximate surface area is 118 Å². The SMILES string of the molecule is CC(C)NCC1(c2ccc(C(C)C)cc2)CC=CC1. The molecule has 0 atom stereocenters. The van der Waals surface area contributed by atoms with Crippen LogP contribution >= 0.6 is 0 Å². The molecular weight excluding hydrogens is 230 g/mol.